The van der Waals surface area contributed by atoms with Crippen LogP contribution in [-0.2, 0) is 9.59 Å². The van der Waals surface area contributed by atoms with E-state index < -0.39 is 5.91 Å². The molecule has 0 saturated heterocycles. The molecule has 9 heteroatoms. The van der Waals surface area contributed by atoms with Gasteiger partial charge in [0.25, 0.3) is 11.8 Å². The number of nitrogens with one attached hydrogen (secondary N) is 2. The molecule has 0 aliphatic carbocycles. The summed E-state index contributed by atoms with van der Waals surface area (Å²) in [4.78, 5) is 37.4. The van der Waals surface area contributed by atoms with Crippen LogP contribution in [0.3, 0.4) is 0 Å². The Labute approximate surface area is 171 Å². The minimum absolute atomic E-state index is 0.228. The van der Waals surface area contributed by atoms with Gasteiger partial charge in [0.15, 0.2) is 5.82 Å². The van der Waals surface area contributed by atoms with Crippen LogP contribution < -0.4 is 10.6 Å². The third-order valence-electron chi connectivity index (χ3n) is 4.31. The van der Waals surface area contributed by atoms with Crippen molar-refractivity contribution in [3.8, 4) is 20.5 Å². The number of anilines is 1. The molecular formula is C19H12N4O2S3. The second-order valence-electron chi connectivity index (χ2n) is 6.09. The van der Waals surface area contributed by atoms with Crippen LogP contribution in [0.4, 0.5) is 5.82 Å². The lowest BCUT2D eigenvalue weighted by atomic mass is 10.2. The maximum absolute atomic E-state index is 12.2. The summed E-state index contributed by atoms with van der Waals surface area (Å²) < 4.78 is 0. The van der Waals surface area contributed by atoms with Crippen molar-refractivity contribution in [3.05, 3.63) is 52.4 Å². The lowest BCUT2D eigenvalue weighted by Crippen LogP contribution is -2.24. The molecule has 5 heterocycles. The molecule has 0 spiro atoms. The summed E-state index contributed by atoms with van der Waals surface area (Å²) in [6.07, 6.45) is 0. The van der Waals surface area contributed by atoms with Crippen LogP contribution in [0.1, 0.15) is 6.92 Å². The molecule has 0 bridgehead atoms. The molecule has 28 heavy (non-hydrogen) atoms. The van der Waals surface area contributed by atoms with Gasteiger partial charge in [-0.1, -0.05) is 12.1 Å². The van der Waals surface area contributed by atoms with Crippen molar-refractivity contribution in [1.29, 1.82) is 0 Å². The highest BCUT2D eigenvalue weighted by atomic mass is 32.1. The summed E-state index contributed by atoms with van der Waals surface area (Å²) in [7, 11) is 0. The molecule has 5 rings (SSSR count). The van der Waals surface area contributed by atoms with E-state index in [-0.39, 0.29) is 11.6 Å². The van der Waals surface area contributed by atoms with Crippen LogP contribution in [0.2, 0.25) is 0 Å². The number of thiophene rings is 3. The molecule has 4 aromatic heterocycles. The summed E-state index contributed by atoms with van der Waals surface area (Å²) in [5.41, 5.74) is 0.578. The number of hydrogen-bond acceptors (Lipinski definition) is 8. The normalized spacial score (nSPS) is 14.2. The summed E-state index contributed by atoms with van der Waals surface area (Å²) in [6.45, 7) is 1.62. The van der Waals surface area contributed by atoms with Gasteiger partial charge >= 0.3 is 0 Å². The van der Waals surface area contributed by atoms with Gasteiger partial charge in [-0.15, -0.1) is 34.0 Å². The number of hydrogen-bond donors (Lipinski definition) is 2. The summed E-state index contributed by atoms with van der Waals surface area (Å²) >= 11 is 4.79. The highest BCUT2D eigenvalue weighted by Gasteiger charge is 2.28. The zero-order chi connectivity index (χ0) is 19.3. The Kier molecular flexibility index (Phi) is 4.08. The first-order valence-electron chi connectivity index (χ1n) is 8.33. The van der Waals surface area contributed by atoms with Gasteiger partial charge in [-0.25, -0.2) is 9.97 Å². The largest absolute Gasteiger partial charge is 0.335 e. The number of imide groups is 1. The smallest absolute Gasteiger partial charge is 0.275 e. The average Bonchev–Trinajstić information content (AvgIpc) is 3.46. The number of carbonyl (C=O) groups excluding carboxylic acids is 2. The Bertz CT molecular complexity index is 1250. The summed E-state index contributed by atoms with van der Waals surface area (Å²) in [5, 5.41) is 10.2. The van der Waals surface area contributed by atoms with E-state index in [1.165, 1.54) is 0 Å². The van der Waals surface area contributed by atoms with Crippen LogP contribution in [-0.4, -0.2) is 21.8 Å². The lowest BCUT2D eigenvalue weighted by molar-refractivity contribution is -0.124. The third-order valence-corrected chi connectivity index (χ3v) is 7.27. The Morgan fingerprint density at radius 2 is 1.71 bits per heavy atom. The summed E-state index contributed by atoms with van der Waals surface area (Å²) in [6, 6.07) is 10.00. The fourth-order valence-corrected chi connectivity index (χ4v) is 5.40. The maximum Gasteiger partial charge on any atom is 0.275 e. The minimum Gasteiger partial charge on any atom is -0.335 e. The Balaban J connectivity index is 1.69. The molecule has 0 atom stereocenters. The standard InChI is InChI=1S/C19H12N4O2S3/c1-9-14(18(25)23-17(9)24)20-15-10-8-13(11-4-2-6-26-11)28-19(10)22-16(21-15)12-5-3-7-27-12/h2-8H,1H3,(H2,20,21,22,23,24,25). The van der Waals surface area contributed by atoms with Crippen LogP contribution in [0.25, 0.3) is 30.7 Å². The molecule has 0 aromatic carbocycles. The molecule has 6 nitrogen and oxygen atoms in total. The van der Waals surface area contributed by atoms with Gasteiger partial charge < -0.3 is 5.32 Å². The Morgan fingerprint density at radius 1 is 0.964 bits per heavy atom. The fourth-order valence-electron chi connectivity index (χ4n) is 2.88. The van der Waals surface area contributed by atoms with Crippen molar-refractivity contribution >= 4 is 61.9 Å². The van der Waals surface area contributed by atoms with Gasteiger partial charge in [0.2, 0.25) is 0 Å². The molecule has 1 aliphatic rings. The Morgan fingerprint density at radius 3 is 2.36 bits per heavy atom. The highest BCUT2D eigenvalue weighted by Crippen LogP contribution is 2.39. The average molecular weight is 425 g/mol. The van der Waals surface area contributed by atoms with Crippen molar-refractivity contribution in [3.63, 3.8) is 0 Å². The van der Waals surface area contributed by atoms with Crippen molar-refractivity contribution in [1.82, 2.24) is 15.3 Å². The van der Waals surface area contributed by atoms with E-state index in [9.17, 15) is 9.59 Å². The molecule has 0 saturated carbocycles. The van der Waals surface area contributed by atoms with E-state index in [1.54, 1.807) is 40.9 Å². The van der Waals surface area contributed by atoms with E-state index in [4.69, 9.17) is 4.98 Å². The molecular weight excluding hydrogens is 412 g/mol. The third kappa shape index (κ3) is 2.84. The van der Waals surface area contributed by atoms with E-state index >= 15 is 0 Å². The number of nitrogens with zero attached hydrogens (tertiary/aromatic N) is 2. The van der Waals surface area contributed by atoms with Crippen LogP contribution >= 0.6 is 34.0 Å². The molecule has 0 radical (unpaired) electrons. The van der Waals surface area contributed by atoms with E-state index in [0.29, 0.717) is 17.2 Å². The van der Waals surface area contributed by atoms with Gasteiger partial charge in [0, 0.05) is 15.3 Å². The van der Waals surface area contributed by atoms with Gasteiger partial charge in [-0.2, -0.15) is 0 Å². The van der Waals surface area contributed by atoms with Crippen LogP contribution in [0.5, 0.6) is 0 Å². The molecule has 2 amide bonds. The van der Waals surface area contributed by atoms with E-state index in [0.717, 1.165) is 24.8 Å². The van der Waals surface area contributed by atoms with Gasteiger partial charge in [-0.05, 0) is 35.9 Å². The fraction of sp³-hybridized carbons (Fsp3) is 0.0526. The Hall–Kier alpha value is -2.88. The SMILES string of the molecule is CC1=C(Nc2nc(-c3cccs3)nc3sc(-c4cccs4)cc23)C(=O)NC1=O. The van der Waals surface area contributed by atoms with Crippen LogP contribution in [0, 0.1) is 0 Å². The van der Waals surface area contributed by atoms with Gasteiger partial charge in [0.1, 0.15) is 16.3 Å². The zero-order valence-electron chi connectivity index (χ0n) is 14.5. The number of aromatic nitrogens is 2. The van der Waals surface area contributed by atoms with Crippen molar-refractivity contribution in [2.45, 2.75) is 6.92 Å². The van der Waals surface area contributed by atoms with Crippen LogP contribution in [0.15, 0.2) is 52.4 Å². The quantitative estimate of drug-likeness (QED) is 0.472. The van der Waals surface area contributed by atoms with Gasteiger partial charge in [-0.3, -0.25) is 14.9 Å². The first kappa shape index (κ1) is 17.2. The monoisotopic (exact) mass is 424 g/mol. The molecule has 0 unspecified atom stereocenters. The molecule has 0 fully saturated rings. The first-order chi connectivity index (χ1) is 13.6. The second-order valence-corrected chi connectivity index (χ2v) is 9.01. The van der Waals surface area contributed by atoms with Gasteiger partial charge in [0.05, 0.1) is 10.3 Å². The van der Waals surface area contributed by atoms with Crippen molar-refractivity contribution < 1.29 is 9.59 Å². The molecule has 2 N–H and O–H groups in total. The predicted molar refractivity (Wildman–Crippen MR) is 114 cm³/mol. The van der Waals surface area contributed by atoms with Crippen molar-refractivity contribution in [2.24, 2.45) is 0 Å². The summed E-state index contributed by atoms with van der Waals surface area (Å²) in [5.74, 6) is 0.278. The van der Waals surface area contributed by atoms with E-state index in [2.05, 4.69) is 21.7 Å². The van der Waals surface area contributed by atoms with Crippen molar-refractivity contribution in [2.75, 3.05) is 5.32 Å². The predicted octanol–water partition coefficient (Wildman–Crippen LogP) is 4.49. The first-order valence-corrected chi connectivity index (χ1v) is 10.9. The topological polar surface area (TPSA) is 84.0 Å². The molecule has 1 aliphatic heterocycles. The minimum atomic E-state index is -0.444. The van der Waals surface area contributed by atoms with E-state index in [1.807, 2.05) is 35.0 Å². The number of carbonyl (C=O) groups is 2. The maximum atomic E-state index is 12.2. The molecule has 138 valence electrons. The number of fused-ring (bicyclic) bond motifs is 1. The number of rotatable bonds is 4. The number of amides is 2. The highest BCUT2D eigenvalue weighted by molar-refractivity contribution is 7.25. The lowest BCUT2D eigenvalue weighted by Gasteiger charge is -2.08. The second kappa shape index (κ2) is 6.62. The molecule has 4 aromatic rings. The zero-order valence-corrected chi connectivity index (χ0v) is 16.9.